The third kappa shape index (κ3) is 2.19. The van der Waals surface area contributed by atoms with Crippen molar-refractivity contribution in [3.63, 3.8) is 0 Å². The molecule has 70 valence electrons. The fraction of sp³-hybridized carbons (Fsp3) is 0.875. The highest BCUT2D eigenvalue weighted by Gasteiger charge is 2.26. The van der Waals surface area contributed by atoms with Crippen LogP contribution in [0.25, 0.3) is 0 Å². The Labute approximate surface area is 72.2 Å². The molecule has 1 N–H and O–H groups in total. The van der Waals surface area contributed by atoms with E-state index in [0.717, 1.165) is 6.42 Å². The molecule has 4 nitrogen and oxygen atoms in total. The van der Waals surface area contributed by atoms with E-state index in [1.807, 2.05) is 0 Å². The van der Waals surface area contributed by atoms with Crippen molar-refractivity contribution in [2.45, 2.75) is 25.4 Å². The number of carbonyl (C=O) groups is 1. The SMILES string of the molecule is CC[C@H]1COC[C@@H](C(=O)OC)N1. The highest BCUT2D eigenvalue weighted by Crippen LogP contribution is 2.03. The largest absolute Gasteiger partial charge is 0.468 e. The van der Waals surface area contributed by atoms with Crippen LogP contribution in [0.15, 0.2) is 0 Å². The first kappa shape index (κ1) is 9.48. The number of morpholine rings is 1. The molecule has 0 spiro atoms. The maximum Gasteiger partial charge on any atom is 0.325 e. The molecule has 12 heavy (non-hydrogen) atoms. The predicted molar refractivity (Wildman–Crippen MR) is 43.8 cm³/mol. The number of methoxy groups -OCH3 is 1. The fourth-order valence-corrected chi connectivity index (χ4v) is 1.22. The summed E-state index contributed by atoms with van der Waals surface area (Å²) in [4.78, 5) is 11.1. The van der Waals surface area contributed by atoms with Gasteiger partial charge in [0, 0.05) is 6.04 Å². The van der Waals surface area contributed by atoms with Crippen molar-refractivity contribution in [1.82, 2.24) is 5.32 Å². The average Bonchev–Trinajstić information content (AvgIpc) is 2.17. The van der Waals surface area contributed by atoms with Gasteiger partial charge in [0.05, 0.1) is 20.3 Å². The standard InChI is InChI=1S/C8H15NO3/c1-3-6-4-12-5-7(9-6)8(10)11-2/h6-7,9H,3-5H2,1-2H3/t6-,7-/m0/s1. The molecule has 1 saturated heterocycles. The number of hydrogen-bond donors (Lipinski definition) is 1. The van der Waals surface area contributed by atoms with Crippen LogP contribution in [0.3, 0.4) is 0 Å². The van der Waals surface area contributed by atoms with E-state index in [4.69, 9.17) is 4.74 Å². The third-order valence-corrected chi connectivity index (χ3v) is 2.02. The van der Waals surface area contributed by atoms with Gasteiger partial charge < -0.3 is 9.47 Å². The first-order valence-electron chi connectivity index (χ1n) is 4.19. The molecule has 0 aliphatic carbocycles. The van der Waals surface area contributed by atoms with Gasteiger partial charge in [-0.15, -0.1) is 0 Å². The van der Waals surface area contributed by atoms with E-state index in [1.165, 1.54) is 7.11 Å². The highest BCUT2D eigenvalue weighted by atomic mass is 16.5. The van der Waals surface area contributed by atoms with Gasteiger partial charge in [-0.05, 0) is 6.42 Å². The van der Waals surface area contributed by atoms with Crippen LogP contribution in [-0.2, 0) is 14.3 Å². The van der Waals surface area contributed by atoms with Crippen LogP contribution in [0, 0.1) is 0 Å². The van der Waals surface area contributed by atoms with Crippen molar-refractivity contribution in [3.8, 4) is 0 Å². The highest BCUT2D eigenvalue weighted by molar-refractivity contribution is 5.75. The summed E-state index contributed by atoms with van der Waals surface area (Å²) in [7, 11) is 1.39. The summed E-state index contributed by atoms with van der Waals surface area (Å²) in [6.07, 6.45) is 0.966. The Morgan fingerprint density at radius 1 is 1.67 bits per heavy atom. The molecule has 1 aliphatic heterocycles. The van der Waals surface area contributed by atoms with Crippen molar-refractivity contribution in [2.75, 3.05) is 20.3 Å². The van der Waals surface area contributed by atoms with Gasteiger partial charge in [-0.3, -0.25) is 10.1 Å². The summed E-state index contributed by atoms with van der Waals surface area (Å²) in [5.74, 6) is -0.242. The van der Waals surface area contributed by atoms with Crippen LogP contribution in [0.2, 0.25) is 0 Å². The molecule has 0 bridgehead atoms. The minimum absolute atomic E-state index is 0.242. The molecule has 2 atom stereocenters. The van der Waals surface area contributed by atoms with Crippen molar-refractivity contribution < 1.29 is 14.3 Å². The molecule has 0 amide bonds. The van der Waals surface area contributed by atoms with Crippen LogP contribution in [-0.4, -0.2) is 38.4 Å². The molecule has 0 aromatic rings. The lowest BCUT2D eigenvalue weighted by Crippen LogP contribution is -2.52. The van der Waals surface area contributed by atoms with Crippen molar-refractivity contribution in [3.05, 3.63) is 0 Å². The van der Waals surface area contributed by atoms with Crippen LogP contribution in [0.5, 0.6) is 0 Å². The molecule has 4 heteroatoms. The van der Waals surface area contributed by atoms with E-state index < -0.39 is 0 Å². The molecule has 1 fully saturated rings. The number of nitrogens with one attached hydrogen (secondary N) is 1. The quantitative estimate of drug-likeness (QED) is 0.594. The molecule has 1 rings (SSSR count). The van der Waals surface area contributed by atoms with Crippen molar-refractivity contribution in [1.29, 1.82) is 0 Å². The van der Waals surface area contributed by atoms with Crippen LogP contribution < -0.4 is 5.32 Å². The first-order valence-corrected chi connectivity index (χ1v) is 4.19. The van der Waals surface area contributed by atoms with Crippen LogP contribution in [0.4, 0.5) is 0 Å². The Morgan fingerprint density at radius 2 is 2.42 bits per heavy atom. The lowest BCUT2D eigenvalue weighted by Gasteiger charge is -2.28. The predicted octanol–water partition coefficient (Wildman–Crippen LogP) is -0.0736. The molecular weight excluding hydrogens is 158 g/mol. The van der Waals surface area contributed by atoms with Gasteiger partial charge in [0.15, 0.2) is 0 Å². The summed E-state index contributed by atoms with van der Waals surface area (Å²) < 4.78 is 9.85. The Morgan fingerprint density at radius 3 is 3.00 bits per heavy atom. The van der Waals surface area contributed by atoms with Crippen LogP contribution in [0.1, 0.15) is 13.3 Å². The Kier molecular flexibility index (Phi) is 3.49. The molecule has 0 aromatic carbocycles. The van der Waals surface area contributed by atoms with E-state index in [1.54, 1.807) is 0 Å². The topological polar surface area (TPSA) is 47.6 Å². The monoisotopic (exact) mass is 173 g/mol. The minimum atomic E-state index is -0.284. The number of hydrogen-bond acceptors (Lipinski definition) is 4. The lowest BCUT2D eigenvalue weighted by molar-refractivity contribution is -0.147. The Balaban J connectivity index is 2.40. The summed E-state index contributed by atoms with van der Waals surface area (Å²) >= 11 is 0. The van der Waals surface area contributed by atoms with Crippen LogP contribution >= 0.6 is 0 Å². The number of esters is 1. The van der Waals surface area contributed by atoms with Gasteiger partial charge in [-0.25, -0.2) is 0 Å². The maximum atomic E-state index is 11.1. The second kappa shape index (κ2) is 4.42. The van der Waals surface area contributed by atoms with E-state index in [9.17, 15) is 4.79 Å². The molecule has 0 saturated carbocycles. The van der Waals surface area contributed by atoms with Crippen molar-refractivity contribution >= 4 is 5.97 Å². The Bertz CT molecular complexity index is 160. The fourth-order valence-electron chi connectivity index (χ4n) is 1.22. The second-order valence-electron chi connectivity index (χ2n) is 2.89. The first-order chi connectivity index (χ1) is 5.77. The number of carbonyl (C=O) groups excluding carboxylic acids is 1. The summed E-state index contributed by atoms with van der Waals surface area (Å²) in [5.41, 5.74) is 0. The van der Waals surface area contributed by atoms with Gasteiger partial charge in [0.2, 0.25) is 0 Å². The molecular formula is C8H15NO3. The van der Waals surface area contributed by atoms with Gasteiger partial charge >= 0.3 is 5.97 Å². The minimum Gasteiger partial charge on any atom is -0.468 e. The molecule has 1 aliphatic rings. The van der Waals surface area contributed by atoms with Gasteiger partial charge in [0.25, 0.3) is 0 Å². The van der Waals surface area contributed by atoms with Gasteiger partial charge in [-0.2, -0.15) is 0 Å². The van der Waals surface area contributed by atoms with E-state index in [0.29, 0.717) is 13.2 Å². The molecule has 1 heterocycles. The lowest BCUT2D eigenvalue weighted by atomic mass is 10.1. The zero-order chi connectivity index (χ0) is 8.97. The molecule has 0 unspecified atom stereocenters. The maximum absolute atomic E-state index is 11.1. The second-order valence-corrected chi connectivity index (χ2v) is 2.89. The summed E-state index contributed by atoms with van der Waals surface area (Å²) in [6, 6.07) is -0.00319. The van der Waals surface area contributed by atoms with Gasteiger partial charge in [-0.1, -0.05) is 6.92 Å². The molecule has 0 aromatic heterocycles. The summed E-state index contributed by atoms with van der Waals surface area (Å²) in [5, 5.41) is 3.15. The smallest absolute Gasteiger partial charge is 0.325 e. The number of ether oxygens (including phenoxy) is 2. The normalized spacial score (nSPS) is 29.8. The van der Waals surface area contributed by atoms with E-state index >= 15 is 0 Å². The average molecular weight is 173 g/mol. The third-order valence-electron chi connectivity index (χ3n) is 2.02. The number of rotatable bonds is 2. The Hall–Kier alpha value is -0.610. The zero-order valence-electron chi connectivity index (χ0n) is 7.50. The van der Waals surface area contributed by atoms with Gasteiger partial charge in [0.1, 0.15) is 6.04 Å². The summed E-state index contributed by atoms with van der Waals surface area (Å²) in [6.45, 7) is 3.16. The molecule has 0 radical (unpaired) electrons. The van der Waals surface area contributed by atoms with Crippen molar-refractivity contribution in [2.24, 2.45) is 0 Å². The van der Waals surface area contributed by atoms with E-state index in [-0.39, 0.29) is 18.1 Å². The van der Waals surface area contributed by atoms with E-state index in [2.05, 4.69) is 17.0 Å². The zero-order valence-corrected chi connectivity index (χ0v) is 7.50.